The number of benzene rings is 3. The molecule has 174 valence electrons. The van der Waals surface area contributed by atoms with Gasteiger partial charge in [-0.1, -0.05) is 30.3 Å². The highest BCUT2D eigenvalue weighted by Gasteiger charge is 2.28. The van der Waals surface area contributed by atoms with Gasteiger partial charge in [0.2, 0.25) is 0 Å². The monoisotopic (exact) mass is 468 g/mol. The Labute approximate surface area is 194 Å². The summed E-state index contributed by atoms with van der Waals surface area (Å²) in [6, 6.07) is 18.8. The van der Waals surface area contributed by atoms with Crippen LogP contribution in [0.5, 0.6) is 5.75 Å². The number of nitrogens with one attached hydrogen (secondary N) is 2. The maximum atomic E-state index is 13.6. The van der Waals surface area contributed by atoms with Crippen LogP contribution < -0.4 is 20.5 Å². The summed E-state index contributed by atoms with van der Waals surface area (Å²) >= 11 is 0. The van der Waals surface area contributed by atoms with Gasteiger partial charge in [0, 0.05) is 38.4 Å². The topological polar surface area (TPSA) is 114 Å². The zero-order chi connectivity index (χ0) is 24.0. The molecule has 0 radical (unpaired) electrons. The van der Waals surface area contributed by atoms with Gasteiger partial charge in [-0.2, -0.15) is 0 Å². The van der Waals surface area contributed by atoms with Crippen LogP contribution in [-0.2, 0) is 10.0 Å². The second kappa shape index (κ2) is 10.4. The normalized spacial score (nSPS) is 11.0. The number of sulfonamides is 1. The molecule has 0 aliphatic carbocycles. The van der Waals surface area contributed by atoms with E-state index < -0.39 is 15.9 Å². The van der Waals surface area contributed by atoms with Gasteiger partial charge in [-0.25, -0.2) is 8.42 Å². The zero-order valence-corrected chi connectivity index (χ0v) is 19.6. The Morgan fingerprint density at radius 2 is 1.67 bits per heavy atom. The Morgan fingerprint density at radius 3 is 2.30 bits per heavy atom. The Hall–Kier alpha value is -3.56. The maximum Gasteiger partial charge on any atom is 0.263 e. The number of methoxy groups -OCH3 is 1. The lowest BCUT2D eigenvalue weighted by molar-refractivity contribution is 0.0824. The third-order valence-electron chi connectivity index (χ3n) is 4.91. The van der Waals surface area contributed by atoms with Crippen LogP contribution in [0.2, 0.25) is 0 Å². The van der Waals surface area contributed by atoms with Gasteiger partial charge in [0.1, 0.15) is 10.6 Å². The number of anilines is 2. The highest BCUT2D eigenvalue weighted by Crippen LogP contribution is 2.33. The number of hydrogen-bond acceptors (Lipinski definition) is 6. The van der Waals surface area contributed by atoms with E-state index in [2.05, 4.69) is 10.0 Å². The van der Waals surface area contributed by atoms with Crippen LogP contribution in [0.3, 0.4) is 0 Å². The number of nitrogens with zero attached hydrogens (tertiary/aromatic N) is 1. The third-order valence-corrected chi connectivity index (χ3v) is 6.39. The largest absolute Gasteiger partial charge is 0.497 e. The van der Waals surface area contributed by atoms with E-state index in [1.54, 1.807) is 75.8 Å². The van der Waals surface area contributed by atoms with Crippen molar-refractivity contribution < 1.29 is 17.9 Å². The summed E-state index contributed by atoms with van der Waals surface area (Å²) in [5, 5.41) is 3.12. The van der Waals surface area contributed by atoms with Crippen LogP contribution in [0, 0.1) is 0 Å². The molecule has 0 bridgehead atoms. The number of ether oxygens (including phenoxy) is 1. The molecule has 0 saturated carbocycles. The van der Waals surface area contributed by atoms with Crippen molar-refractivity contribution in [3.63, 3.8) is 0 Å². The molecular formula is C24H28N4O4S. The first kappa shape index (κ1) is 24.1. The SMILES string of the molecule is COc1ccc(-c2cccc(C(=O)N(C)C)c2S(=O)(=O)Nc2cccc(NCCN)c2)cc1. The van der Waals surface area contributed by atoms with Crippen molar-refractivity contribution in [2.75, 3.05) is 44.3 Å². The second-order valence-electron chi connectivity index (χ2n) is 7.51. The van der Waals surface area contributed by atoms with Gasteiger partial charge in [-0.05, 0) is 42.0 Å². The third kappa shape index (κ3) is 5.63. The van der Waals surface area contributed by atoms with Crippen molar-refractivity contribution in [2.24, 2.45) is 5.73 Å². The van der Waals surface area contributed by atoms with E-state index in [0.717, 1.165) is 5.69 Å². The molecule has 0 atom stereocenters. The summed E-state index contributed by atoms with van der Waals surface area (Å²) in [4.78, 5) is 14.2. The van der Waals surface area contributed by atoms with E-state index in [1.165, 1.54) is 11.0 Å². The van der Waals surface area contributed by atoms with Crippen molar-refractivity contribution in [3.05, 3.63) is 72.3 Å². The molecule has 0 aliphatic heterocycles. The second-order valence-corrected chi connectivity index (χ2v) is 9.13. The summed E-state index contributed by atoms with van der Waals surface area (Å²) in [6.45, 7) is 0.999. The molecule has 8 nitrogen and oxygen atoms in total. The predicted octanol–water partition coefficient (Wildman–Crippen LogP) is 3.24. The zero-order valence-electron chi connectivity index (χ0n) is 18.8. The van der Waals surface area contributed by atoms with Gasteiger partial charge < -0.3 is 20.7 Å². The number of hydrogen-bond donors (Lipinski definition) is 3. The fraction of sp³-hybridized carbons (Fsp3) is 0.208. The van der Waals surface area contributed by atoms with Gasteiger partial charge >= 0.3 is 0 Å². The molecule has 0 heterocycles. The molecule has 3 rings (SSSR count). The molecule has 0 unspecified atom stereocenters. The average Bonchev–Trinajstić information content (AvgIpc) is 2.81. The van der Waals surface area contributed by atoms with Gasteiger partial charge in [0.05, 0.1) is 18.4 Å². The highest BCUT2D eigenvalue weighted by molar-refractivity contribution is 7.93. The molecule has 3 aromatic carbocycles. The number of rotatable bonds is 9. The average molecular weight is 469 g/mol. The quantitative estimate of drug-likeness (QED) is 0.444. The summed E-state index contributed by atoms with van der Waals surface area (Å²) in [7, 11) is 0.586. The number of carbonyl (C=O) groups is 1. The molecule has 0 aliphatic rings. The van der Waals surface area contributed by atoms with Gasteiger partial charge in [-0.15, -0.1) is 0 Å². The van der Waals surface area contributed by atoms with Crippen molar-refractivity contribution in [1.82, 2.24) is 4.90 Å². The lowest BCUT2D eigenvalue weighted by atomic mass is 10.0. The maximum absolute atomic E-state index is 13.6. The Kier molecular flexibility index (Phi) is 7.57. The lowest BCUT2D eigenvalue weighted by Crippen LogP contribution is -2.26. The minimum Gasteiger partial charge on any atom is -0.497 e. The minimum atomic E-state index is -4.14. The summed E-state index contributed by atoms with van der Waals surface area (Å²) in [5.41, 5.74) is 7.77. The van der Waals surface area contributed by atoms with E-state index in [-0.39, 0.29) is 10.5 Å². The number of amides is 1. The van der Waals surface area contributed by atoms with Gasteiger partial charge in [0.25, 0.3) is 15.9 Å². The molecule has 0 saturated heterocycles. The van der Waals surface area contributed by atoms with Crippen LogP contribution >= 0.6 is 0 Å². The van der Waals surface area contributed by atoms with Crippen molar-refractivity contribution >= 4 is 27.3 Å². The summed E-state index contributed by atoms with van der Waals surface area (Å²) < 4.78 is 35.1. The van der Waals surface area contributed by atoms with Crippen molar-refractivity contribution in [3.8, 4) is 16.9 Å². The molecule has 0 spiro atoms. The first-order valence-electron chi connectivity index (χ1n) is 10.3. The number of carbonyl (C=O) groups excluding carboxylic acids is 1. The molecule has 1 amide bonds. The van der Waals surface area contributed by atoms with E-state index in [1.807, 2.05) is 6.07 Å². The number of nitrogens with two attached hydrogens (primary N) is 1. The smallest absolute Gasteiger partial charge is 0.263 e. The van der Waals surface area contributed by atoms with E-state index >= 15 is 0 Å². The van der Waals surface area contributed by atoms with E-state index in [9.17, 15) is 13.2 Å². The molecule has 33 heavy (non-hydrogen) atoms. The van der Waals surface area contributed by atoms with Gasteiger partial charge in [-0.3, -0.25) is 9.52 Å². The first-order valence-corrected chi connectivity index (χ1v) is 11.8. The molecule has 0 fully saturated rings. The Morgan fingerprint density at radius 1 is 1.00 bits per heavy atom. The van der Waals surface area contributed by atoms with Crippen LogP contribution in [0.15, 0.2) is 71.6 Å². The fourth-order valence-electron chi connectivity index (χ4n) is 3.35. The van der Waals surface area contributed by atoms with Crippen LogP contribution in [0.4, 0.5) is 11.4 Å². The van der Waals surface area contributed by atoms with Crippen LogP contribution in [0.1, 0.15) is 10.4 Å². The van der Waals surface area contributed by atoms with Crippen molar-refractivity contribution in [1.29, 1.82) is 0 Å². The standard InChI is InChI=1S/C24H28N4O4S/c1-28(2)24(29)22-9-5-8-21(17-10-12-20(32-3)13-11-17)23(22)33(30,31)27-19-7-4-6-18(16-19)26-15-14-25/h4-13,16,26-27H,14-15,25H2,1-3H3. The van der Waals surface area contributed by atoms with E-state index in [0.29, 0.717) is 35.7 Å². The lowest BCUT2D eigenvalue weighted by Gasteiger charge is -2.19. The molecule has 3 aromatic rings. The molecule has 9 heteroatoms. The van der Waals surface area contributed by atoms with Crippen molar-refractivity contribution in [2.45, 2.75) is 4.90 Å². The molecule has 4 N–H and O–H groups in total. The van der Waals surface area contributed by atoms with E-state index in [4.69, 9.17) is 10.5 Å². The fourth-order valence-corrected chi connectivity index (χ4v) is 4.81. The molecular weight excluding hydrogens is 440 g/mol. The first-order chi connectivity index (χ1) is 15.8. The highest BCUT2D eigenvalue weighted by atomic mass is 32.2. The van der Waals surface area contributed by atoms with Gasteiger partial charge in [0.15, 0.2) is 0 Å². The Balaban J connectivity index is 2.12. The van der Waals surface area contributed by atoms with Crippen LogP contribution in [-0.4, -0.2) is 53.5 Å². The summed E-state index contributed by atoms with van der Waals surface area (Å²) in [5.74, 6) is 0.229. The minimum absolute atomic E-state index is 0.0817. The van der Waals surface area contributed by atoms with Crippen LogP contribution in [0.25, 0.3) is 11.1 Å². The molecule has 0 aromatic heterocycles. The summed E-state index contributed by atoms with van der Waals surface area (Å²) in [6.07, 6.45) is 0. The Bertz CT molecular complexity index is 1230. The predicted molar refractivity (Wildman–Crippen MR) is 131 cm³/mol.